The van der Waals surface area contributed by atoms with Gasteiger partial charge in [0.2, 0.25) is 0 Å². The normalized spacial score (nSPS) is 10.8. The summed E-state index contributed by atoms with van der Waals surface area (Å²) in [5.74, 6) is -0.239. The number of aryl methyl sites for hydroxylation is 1. The highest BCUT2D eigenvalue weighted by molar-refractivity contribution is 6.35. The van der Waals surface area contributed by atoms with Crippen molar-refractivity contribution >= 4 is 40.4 Å². The van der Waals surface area contributed by atoms with Gasteiger partial charge in [-0.25, -0.2) is 4.98 Å². The van der Waals surface area contributed by atoms with Crippen LogP contribution in [-0.2, 0) is 0 Å². The number of carbonyl (C=O) groups excluding carboxylic acids is 1. The van der Waals surface area contributed by atoms with Crippen LogP contribution in [0.3, 0.4) is 0 Å². The summed E-state index contributed by atoms with van der Waals surface area (Å²) < 4.78 is 1.86. The predicted octanol–water partition coefficient (Wildman–Crippen LogP) is 4.20. The van der Waals surface area contributed by atoms with Gasteiger partial charge in [0, 0.05) is 33.7 Å². The van der Waals surface area contributed by atoms with E-state index in [1.165, 1.54) is 0 Å². The van der Waals surface area contributed by atoms with Crippen molar-refractivity contribution in [2.45, 2.75) is 6.92 Å². The van der Waals surface area contributed by atoms with Crippen molar-refractivity contribution in [3.05, 3.63) is 64.0 Å². The summed E-state index contributed by atoms with van der Waals surface area (Å²) in [6, 6.07) is 8.36. The van der Waals surface area contributed by atoms with E-state index in [0.29, 0.717) is 21.3 Å². The molecule has 1 N–H and O–H groups in total. The predicted molar refractivity (Wildman–Crippen MR) is 84.3 cm³/mol. The maximum absolute atomic E-state index is 12.3. The number of carbonyl (C=O) groups is 1. The van der Waals surface area contributed by atoms with Crippen molar-refractivity contribution in [1.29, 1.82) is 0 Å². The summed E-state index contributed by atoms with van der Waals surface area (Å²) in [6.07, 6.45) is 3.70. The first kappa shape index (κ1) is 13.9. The maximum atomic E-state index is 12.3. The second-order valence-electron chi connectivity index (χ2n) is 4.68. The lowest BCUT2D eigenvalue weighted by atomic mass is 10.2. The highest BCUT2D eigenvalue weighted by Crippen LogP contribution is 2.23. The lowest BCUT2D eigenvalue weighted by Crippen LogP contribution is -2.12. The minimum atomic E-state index is -0.239. The monoisotopic (exact) mass is 319 g/mol. The molecule has 1 amide bonds. The van der Waals surface area contributed by atoms with Gasteiger partial charge in [0.1, 0.15) is 5.65 Å². The summed E-state index contributed by atoms with van der Waals surface area (Å²) in [4.78, 5) is 16.6. The molecule has 0 aliphatic carbocycles. The average Bonchev–Trinajstić information content (AvgIpc) is 2.76. The number of rotatable bonds is 2. The Balaban J connectivity index is 1.89. The summed E-state index contributed by atoms with van der Waals surface area (Å²) in [6.45, 7) is 1.90. The van der Waals surface area contributed by atoms with Crippen LogP contribution in [0.2, 0.25) is 10.0 Å². The molecule has 0 atom stereocenters. The van der Waals surface area contributed by atoms with Crippen LogP contribution in [0.5, 0.6) is 0 Å². The maximum Gasteiger partial charge on any atom is 0.255 e. The number of nitrogens with zero attached hydrogens (tertiary/aromatic N) is 2. The molecule has 3 aromatic rings. The molecule has 4 nitrogen and oxygen atoms in total. The third kappa shape index (κ3) is 3.01. The first-order valence-corrected chi connectivity index (χ1v) is 7.00. The van der Waals surface area contributed by atoms with Crippen molar-refractivity contribution in [2.75, 3.05) is 5.32 Å². The number of aromatic nitrogens is 2. The van der Waals surface area contributed by atoms with Crippen LogP contribution in [-0.4, -0.2) is 15.3 Å². The minimum Gasteiger partial charge on any atom is -0.322 e. The van der Waals surface area contributed by atoms with E-state index < -0.39 is 0 Å². The molecule has 106 valence electrons. The van der Waals surface area contributed by atoms with Gasteiger partial charge in [-0.15, -0.1) is 0 Å². The summed E-state index contributed by atoms with van der Waals surface area (Å²) in [7, 11) is 0. The first-order chi connectivity index (χ1) is 10.0. The number of imidazole rings is 1. The van der Waals surface area contributed by atoms with Crippen LogP contribution in [0.4, 0.5) is 5.69 Å². The standard InChI is InChI=1S/C15H11Cl2N3O/c1-9-8-20-3-2-10(4-14(20)18-9)15(21)19-13-6-11(16)5-12(17)7-13/h2-8H,1H3,(H,19,21). The Labute approximate surface area is 131 Å². The quantitative estimate of drug-likeness (QED) is 0.769. The third-order valence-corrected chi connectivity index (χ3v) is 3.40. The summed E-state index contributed by atoms with van der Waals surface area (Å²) in [5, 5.41) is 3.71. The molecule has 0 radical (unpaired) electrons. The number of anilines is 1. The Morgan fingerprint density at radius 1 is 1.19 bits per heavy atom. The smallest absolute Gasteiger partial charge is 0.255 e. The van der Waals surface area contributed by atoms with Crippen molar-refractivity contribution < 1.29 is 4.79 Å². The van der Waals surface area contributed by atoms with Crippen molar-refractivity contribution in [1.82, 2.24) is 9.38 Å². The van der Waals surface area contributed by atoms with E-state index in [1.807, 2.05) is 17.5 Å². The molecule has 0 unspecified atom stereocenters. The largest absolute Gasteiger partial charge is 0.322 e. The molecule has 0 saturated carbocycles. The first-order valence-electron chi connectivity index (χ1n) is 6.24. The van der Waals surface area contributed by atoms with E-state index in [1.54, 1.807) is 36.5 Å². The van der Waals surface area contributed by atoms with E-state index >= 15 is 0 Å². The molecule has 2 aromatic heterocycles. The number of hydrogen-bond donors (Lipinski definition) is 1. The molecule has 6 heteroatoms. The number of nitrogens with one attached hydrogen (secondary N) is 1. The molecule has 21 heavy (non-hydrogen) atoms. The number of amides is 1. The van der Waals surface area contributed by atoms with Gasteiger partial charge in [-0.3, -0.25) is 4.79 Å². The fraction of sp³-hybridized carbons (Fsp3) is 0.0667. The van der Waals surface area contributed by atoms with Gasteiger partial charge >= 0.3 is 0 Å². The third-order valence-electron chi connectivity index (χ3n) is 2.96. The highest BCUT2D eigenvalue weighted by Gasteiger charge is 2.09. The van der Waals surface area contributed by atoms with Crippen LogP contribution in [0.15, 0.2) is 42.7 Å². The SMILES string of the molecule is Cc1cn2ccc(C(=O)Nc3cc(Cl)cc(Cl)c3)cc2n1. The van der Waals surface area contributed by atoms with Crippen LogP contribution in [0.1, 0.15) is 16.1 Å². The molecule has 2 heterocycles. The molecule has 3 rings (SSSR count). The molecule has 0 fully saturated rings. The van der Waals surface area contributed by atoms with Crippen LogP contribution in [0.25, 0.3) is 5.65 Å². The van der Waals surface area contributed by atoms with Gasteiger partial charge in [-0.1, -0.05) is 23.2 Å². The van der Waals surface area contributed by atoms with Crippen molar-refractivity contribution in [3.63, 3.8) is 0 Å². The molecular formula is C15H11Cl2N3O. The second kappa shape index (κ2) is 5.39. The number of hydrogen-bond acceptors (Lipinski definition) is 2. The fourth-order valence-corrected chi connectivity index (χ4v) is 2.61. The fourth-order valence-electron chi connectivity index (χ4n) is 2.08. The number of halogens is 2. The van der Waals surface area contributed by atoms with Crippen LogP contribution in [0, 0.1) is 6.92 Å². The van der Waals surface area contributed by atoms with Gasteiger partial charge in [0.05, 0.1) is 5.69 Å². The molecule has 0 saturated heterocycles. The average molecular weight is 320 g/mol. The minimum absolute atomic E-state index is 0.239. The van der Waals surface area contributed by atoms with E-state index in [-0.39, 0.29) is 5.91 Å². The Morgan fingerprint density at radius 3 is 2.62 bits per heavy atom. The van der Waals surface area contributed by atoms with Gasteiger partial charge in [-0.2, -0.15) is 0 Å². The number of pyridine rings is 1. The molecule has 0 bridgehead atoms. The number of benzene rings is 1. The van der Waals surface area contributed by atoms with Crippen LogP contribution >= 0.6 is 23.2 Å². The van der Waals surface area contributed by atoms with E-state index in [0.717, 1.165) is 11.3 Å². The Bertz CT molecular complexity index is 822. The molecule has 0 aliphatic heterocycles. The topological polar surface area (TPSA) is 46.4 Å². The van der Waals surface area contributed by atoms with Crippen molar-refractivity contribution in [2.24, 2.45) is 0 Å². The molecule has 0 spiro atoms. The van der Waals surface area contributed by atoms with Gasteiger partial charge in [-0.05, 0) is 37.3 Å². The molecule has 1 aromatic carbocycles. The van der Waals surface area contributed by atoms with E-state index in [4.69, 9.17) is 23.2 Å². The zero-order valence-electron chi connectivity index (χ0n) is 11.1. The lowest BCUT2D eigenvalue weighted by molar-refractivity contribution is 0.102. The summed E-state index contributed by atoms with van der Waals surface area (Å²) >= 11 is 11.8. The van der Waals surface area contributed by atoms with E-state index in [2.05, 4.69) is 10.3 Å². The highest BCUT2D eigenvalue weighted by atomic mass is 35.5. The zero-order valence-corrected chi connectivity index (χ0v) is 12.6. The lowest BCUT2D eigenvalue weighted by Gasteiger charge is -2.06. The molecule has 0 aliphatic rings. The zero-order chi connectivity index (χ0) is 15.0. The van der Waals surface area contributed by atoms with Gasteiger partial charge in [0.15, 0.2) is 0 Å². The summed E-state index contributed by atoms with van der Waals surface area (Å²) in [5.41, 5.74) is 2.69. The van der Waals surface area contributed by atoms with Gasteiger partial charge < -0.3 is 9.72 Å². The van der Waals surface area contributed by atoms with Gasteiger partial charge in [0.25, 0.3) is 5.91 Å². The van der Waals surface area contributed by atoms with Crippen LogP contribution < -0.4 is 5.32 Å². The Morgan fingerprint density at radius 2 is 1.90 bits per heavy atom. The molecular weight excluding hydrogens is 309 g/mol. The Hall–Kier alpha value is -2.04. The van der Waals surface area contributed by atoms with E-state index in [9.17, 15) is 4.79 Å². The van der Waals surface area contributed by atoms with Crippen molar-refractivity contribution in [3.8, 4) is 0 Å². The second-order valence-corrected chi connectivity index (χ2v) is 5.55. The number of fused-ring (bicyclic) bond motifs is 1. The Kier molecular flexibility index (Phi) is 3.57.